The van der Waals surface area contributed by atoms with Gasteiger partial charge in [0.1, 0.15) is 5.75 Å². The van der Waals surface area contributed by atoms with Crippen LogP contribution in [0.4, 0.5) is 0 Å². The number of nitriles is 1. The molecule has 106 valence electrons. The molecule has 2 heteroatoms. The van der Waals surface area contributed by atoms with E-state index in [-0.39, 0.29) is 0 Å². The number of ether oxygens (including phenoxy) is 1. The predicted octanol–water partition coefficient (Wildman–Crippen LogP) is 4.04. The predicted molar refractivity (Wildman–Crippen MR) is 83.4 cm³/mol. The van der Waals surface area contributed by atoms with Crippen molar-refractivity contribution in [1.82, 2.24) is 0 Å². The van der Waals surface area contributed by atoms with E-state index in [9.17, 15) is 5.26 Å². The lowest BCUT2D eigenvalue weighted by atomic mass is 9.68. The molecule has 1 unspecified atom stereocenters. The number of hydrogen-bond donors (Lipinski definition) is 0. The maximum absolute atomic E-state index is 9.92. The van der Waals surface area contributed by atoms with Crippen molar-refractivity contribution in [3.8, 4) is 11.8 Å². The Kier molecular flexibility index (Phi) is 3.66. The minimum atomic E-state index is -0.427. The van der Waals surface area contributed by atoms with Crippen molar-refractivity contribution >= 4 is 0 Å². The zero-order valence-electron chi connectivity index (χ0n) is 12.3. The molecule has 1 aliphatic rings. The first kappa shape index (κ1) is 13.7. The zero-order valence-corrected chi connectivity index (χ0v) is 12.3. The lowest BCUT2D eigenvalue weighted by molar-refractivity contribution is 0.396. The Morgan fingerprint density at radius 2 is 1.90 bits per heavy atom. The molecule has 1 atom stereocenters. The van der Waals surface area contributed by atoms with E-state index >= 15 is 0 Å². The highest BCUT2D eigenvalue weighted by Gasteiger charge is 2.37. The molecule has 2 aromatic carbocycles. The number of methoxy groups -OCH3 is 1. The smallest absolute Gasteiger partial charge is 0.122 e. The van der Waals surface area contributed by atoms with Crippen molar-refractivity contribution in [1.29, 1.82) is 5.26 Å². The molecule has 0 radical (unpaired) electrons. The van der Waals surface area contributed by atoms with E-state index in [1.165, 1.54) is 11.1 Å². The van der Waals surface area contributed by atoms with Crippen LogP contribution in [0.3, 0.4) is 0 Å². The van der Waals surface area contributed by atoms with Gasteiger partial charge in [-0.15, -0.1) is 0 Å². The van der Waals surface area contributed by atoms with Crippen molar-refractivity contribution in [2.45, 2.75) is 31.1 Å². The number of hydrogen-bond acceptors (Lipinski definition) is 2. The Morgan fingerprint density at radius 1 is 1.14 bits per heavy atom. The molecule has 0 heterocycles. The van der Waals surface area contributed by atoms with Gasteiger partial charge in [-0.25, -0.2) is 0 Å². The van der Waals surface area contributed by atoms with Crippen molar-refractivity contribution in [3.63, 3.8) is 0 Å². The average Bonchev–Trinajstić information content (AvgIpc) is 2.55. The molecule has 21 heavy (non-hydrogen) atoms. The first-order valence-electron chi connectivity index (χ1n) is 7.40. The van der Waals surface area contributed by atoms with Gasteiger partial charge in [-0.05, 0) is 48.4 Å². The summed E-state index contributed by atoms with van der Waals surface area (Å²) in [5.74, 6) is 0.871. The third-order valence-electron chi connectivity index (χ3n) is 4.48. The van der Waals surface area contributed by atoms with Gasteiger partial charge < -0.3 is 4.74 Å². The second-order valence-electron chi connectivity index (χ2n) is 5.69. The quantitative estimate of drug-likeness (QED) is 0.848. The van der Waals surface area contributed by atoms with Gasteiger partial charge in [0.2, 0.25) is 0 Å². The highest BCUT2D eigenvalue weighted by molar-refractivity contribution is 5.45. The molecule has 3 rings (SSSR count). The summed E-state index contributed by atoms with van der Waals surface area (Å²) in [5, 5.41) is 9.92. The Labute approximate surface area is 126 Å². The number of fused-ring (bicyclic) bond motifs is 1. The minimum Gasteiger partial charge on any atom is -0.496 e. The summed E-state index contributed by atoms with van der Waals surface area (Å²) in [6, 6.07) is 19.0. The van der Waals surface area contributed by atoms with Crippen molar-refractivity contribution in [2.24, 2.45) is 0 Å². The molecule has 0 aromatic heterocycles. The van der Waals surface area contributed by atoms with Crippen LogP contribution in [0.5, 0.6) is 5.75 Å². The molecule has 0 saturated heterocycles. The van der Waals surface area contributed by atoms with Crippen LogP contribution in [0.25, 0.3) is 0 Å². The van der Waals surface area contributed by atoms with Crippen LogP contribution in [0.2, 0.25) is 0 Å². The summed E-state index contributed by atoms with van der Waals surface area (Å²) in [6.07, 6.45) is 3.77. The average molecular weight is 277 g/mol. The fraction of sp³-hybridized carbons (Fsp3) is 0.316. The van der Waals surface area contributed by atoms with Crippen LogP contribution in [0.15, 0.2) is 48.5 Å². The summed E-state index contributed by atoms with van der Waals surface area (Å²) in [6.45, 7) is 0. The third-order valence-corrected chi connectivity index (χ3v) is 4.48. The van der Waals surface area contributed by atoms with E-state index in [0.29, 0.717) is 6.42 Å². The topological polar surface area (TPSA) is 33.0 Å². The van der Waals surface area contributed by atoms with E-state index in [2.05, 4.69) is 30.3 Å². The standard InChI is InChI=1S/C19H19NO/c1-21-18-11-5-3-8-16(18)13-19(14-20)12-6-9-15-7-2-4-10-17(15)19/h2-5,7-8,10-11H,6,9,12-13H2,1H3. The minimum absolute atomic E-state index is 0.427. The second kappa shape index (κ2) is 5.61. The Balaban J connectivity index is 2.05. The van der Waals surface area contributed by atoms with Gasteiger partial charge >= 0.3 is 0 Å². The van der Waals surface area contributed by atoms with Crippen LogP contribution in [-0.2, 0) is 18.3 Å². The van der Waals surface area contributed by atoms with Gasteiger partial charge in [-0.1, -0.05) is 42.5 Å². The van der Waals surface area contributed by atoms with Crippen molar-refractivity contribution < 1.29 is 4.74 Å². The molecule has 0 fully saturated rings. The van der Waals surface area contributed by atoms with Crippen LogP contribution in [0, 0.1) is 11.3 Å². The Hall–Kier alpha value is -2.27. The summed E-state index contributed by atoms with van der Waals surface area (Å²) < 4.78 is 5.45. The SMILES string of the molecule is COc1ccccc1CC1(C#N)CCCc2ccccc21. The van der Waals surface area contributed by atoms with Gasteiger partial charge in [0.05, 0.1) is 18.6 Å². The molecule has 2 nitrogen and oxygen atoms in total. The van der Waals surface area contributed by atoms with Crippen molar-refractivity contribution in [2.75, 3.05) is 7.11 Å². The molecule has 2 aromatic rings. The van der Waals surface area contributed by atoms with E-state index in [1.54, 1.807) is 7.11 Å². The molecule has 0 saturated carbocycles. The number of rotatable bonds is 3. The molecule has 0 N–H and O–H groups in total. The number of benzene rings is 2. The number of nitrogens with zero attached hydrogens (tertiary/aromatic N) is 1. The zero-order chi connectivity index (χ0) is 14.7. The van der Waals surface area contributed by atoms with Crippen LogP contribution in [-0.4, -0.2) is 7.11 Å². The van der Waals surface area contributed by atoms with E-state index in [4.69, 9.17) is 4.74 Å². The maximum atomic E-state index is 9.92. The third kappa shape index (κ3) is 2.40. The fourth-order valence-electron chi connectivity index (χ4n) is 3.43. The molecule has 0 aliphatic heterocycles. The molecule has 0 bridgehead atoms. The highest BCUT2D eigenvalue weighted by Crippen LogP contribution is 2.40. The van der Waals surface area contributed by atoms with Crippen LogP contribution >= 0.6 is 0 Å². The molecular weight excluding hydrogens is 258 g/mol. The van der Waals surface area contributed by atoms with Crippen LogP contribution in [0.1, 0.15) is 29.5 Å². The van der Waals surface area contributed by atoms with E-state index in [0.717, 1.165) is 30.6 Å². The molecule has 0 amide bonds. The number of para-hydroxylation sites is 1. The van der Waals surface area contributed by atoms with Gasteiger partial charge in [0.15, 0.2) is 0 Å². The lowest BCUT2D eigenvalue weighted by Crippen LogP contribution is -2.32. The van der Waals surface area contributed by atoms with E-state index in [1.807, 2.05) is 24.3 Å². The van der Waals surface area contributed by atoms with Gasteiger partial charge in [0.25, 0.3) is 0 Å². The highest BCUT2D eigenvalue weighted by atomic mass is 16.5. The summed E-state index contributed by atoms with van der Waals surface area (Å²) in [4.78, 5) is 0. The Morgan fingerprint density at radius 3 is 2.71 bits per heavy atom. The summed E-state index contributed by atoms with van der Waals surface area (Å²) in [5.41, 5.74) is 3.20. The second-order valence-corrected chi connectivity index (χ2v) is 5.69. The fourth-order valence-corrected chi connectivity index (χ4v) is 3.43. The molecule has 1 aliphatic carbocycles. The number of aryl methyl sites for hydroxylation is 1. The van der Waals surface area contributed by atoms with Crippen molar-refractivity contribution in [3.05, 3.63) is 65.2 Å². The largest absolute Gasteiger partial charge is 0.496 e. The molecular formula is C19H19NO. The maximum Gasteiger partial charge on any atom is 0.122 e. The first-order chi connectivity index (χ1) is 10.3. The van der Waals surface area contributed by atoms with Gasteiger partial charge in [-0.3, -0.25) is 0 Å². The van der Waals surface area contributed by atoms with Crippen LogP contribution < -0.4 is 4.74 Å². The first-order valence-corrected chi connectivity index (χ1v) is 7.40. The van der Waals surface area contributed by atoms with Gasteiger partial charge in [0, 0.05) is 0 Å². The Bertz CT molecular complexity index is 686. The monoisotopic (exact) mass is 277 g/mol. The molecule has 0 spiro atoms. The normalized spacial score (nSPS) is 20.4. The van der Waals surface area contributed by atoms with Gasteiger partial charge in [-0.2, -0.15) is 5.26 Å². The summed E-state index contributed by atoms with van der Waals surface area (Å²) in [7, 11) is 1.69. The van der Waals surface area contributed by atoms with E-state index < -0.39 is 5.41 Å². The lowest BCUT2D eigenvalue weighted by Gasteiger charge is -2.33. The summed E-state index contributed by atoms with van der Waals surface area (Å²) >= 11 is 0.